The highest BCUT2D eigenvalue weighted by Crippen LogP contribution is 2.35. The maximum Gasteiger partial charge on any atom is 0.201 e. The zero-order valence-corrected chi connectivity index (χ0v) is 18.2. The van der Waals surface area contributed by atoms with Gasteiger partial charge in [-0.05, 0) is 47.0 Å². The van der Waals surface area contributed by atoms with Crippen molar-refractivity contribution in [2.45, 2.75) is 0 Å². The molecular weight excluding hydrogens is 408 g/mol. The number of benzene rings is 4. The van der Waals surface area contributed by atoms with E-state index in [0.717, 1.165) is 28.0 Å². The molecule has 3 nitrogen and oxygen atoms in total. The minimum atomic E-state index is -0.0614. The van der Waals surface area contributed by atoms with Gasteiger partial charge in [-0.15, -0.1) is 0 Å². The van der Waals surface area contributed by atoms with Gasteiger partial charge in [-0.25, -0.2) is 0 Å². The third-order valence-corrected chi connectivity index (χ3v) is 5.61. The van der Waals surface area contributed by atoms with Crippen LogP contribution >= 0.6 is 0 Å². The Morgan fingerprint density at radius 2 is 1.39 bits per heavy atom. The molecule has 0 saturated carbocycles. The first-order chi connectivity index (χ1) is 16.2. The molecule has 160 valence electrons. The molecule has 0 aliphatic rings. The Kier molecular flexibility index (Phi) is 5.61. The van der Waals surface area contributed by atoms with Crippen LogP contribution in [0.25, 0.3) is 33.9 Å². The van der Waals surface area contributed by atoms with Gasteiger partial charge >= 0.3 is 0 Å². The van der Waals surface area contributed by atoms with Crippen molar-refractivity contribution in [1.29, 1.82) is 0 Å². The minimum absolute atomic E-state index is 0.0614. The molecule has 0 unspecified atom stereocenters. The summed E-state index contributed by atoms with van der Waals surface area (Å²) >= 11 is 0. The molecule has 4 aromatic carbocycles. The molecular formula is C30H22O3. The standard InChI is InChI=1S/C30H22O3/c1-32-24-18-16-22(17-19-24)26(20-21-10-4-2-5-11-21)28-29(31)25-14-8-9-15-27(25)33-30(28)23-12-6-3-7-13-23/h2-20H,1H3/b26-20+. The lowest BCUT2D eigenvalue weighted by Gasteiger charge is -2.15. The van der Waals surface area contributed by atoms with E-state index >= 15 is 0 Å². The minimum Gasteiger partial charge on any atom is -0.497 e. The molecule has 0 aliphatic heterocycles. The molecule has 0 N–H and O–H groups in total. The molecule has 0 amide bonds. The number of methoxy groups -OCH3 is 1. The Hall–Kier alpha value is -4.37. The maximum absolute atomic E-state index is 13.9. The van der Waals surface area contributed by atoms with Crippen LogP contribution in [-0.2, 0) is 0 Å². The quantitative estimate of drug-likeness (QED) is 0.280. The fourth-order valence-electron chi connectivity index (χ4n) is 3.97. The van der Waals surface area contributed by atoms with E-state index in [-0.39, 0.29) is 5.43 Å². The zero-order chi connectivity index (χ0) is 22.6. The average molecular weight is 431 g/mol. The molecule has 5 aromatic rings. The first-order valence-corrected chi connectivity index (χ1v) is 10.8. The summed E-state index contributed by atoms with van der Waals surface area (Å²) in [6, 6.07) is 34.9. The van der Waals surface area contributed by atoms with Gasteiger partial charge in [0.1, 0.15) is 17.1 Å². The zero-order valence-electron chi connectivity index (χ0n) is 18.2. The van der Waals surface area contributed by atoms with Crippen molar-refractivity contribution in [3.05, 3.63) is 136 Å². The molecule has 1 heterocycles. The van der Waals surface area contributed by atoms with E-state index in [1.54, 1.807) is 7.11 Å². The van der Waals surface area contributed by atoms with Crippen molar-refractivity contribution in [3.8, 4) is 17.1 Å². The predicted octanol–water partition coefficient (Wildman–Crippen LogP) is 7.06. The summed E-state index contributed by atoms with van der Waals surface area (Å²) in [6.07, 6.45) is 2.04. The molecule has 0 aliphatic carbocycles. The average Bonchev–Trinajstić information content (AvgIpc) is 2.89. The monoisotopic (exact) mass is 430 g/mol. The van der Waals surface area contributed by atoms with Gasteiger partial charge in [0, 0.05) is 5.56 Å². The highest BCUT2D eigenvalue weighted by atomic mass is 16.5. The van der Waals surface area contributed by atoms with Gasteiger partial charge in [-0.1, -0.05) is 84.9 Å². The van der Waals surface area contributed by atoms with Crippen LogP contribution < -0.4 is 10.2 Å². The van der Waals surface area contributed by atoms with Crippen LogP contribution in [0.2, 0.25) is 0 Å². The Morgan fingerprint density at radius 1 is 0.758 bits per heavy atom. The summed E-state index contributed by atoms with van der Waals surface area (Å²) in [7, 11) is 1.64. The number of ether oxygens (including phenoxy) is 1. The first kappa shape index (κ1) is 20.5. The third-order valence-electron chi connectivity index (χ3n) is 5.61. The summed E-state index contributed by atoms with van der Waals surface area (Å²) in [5.74, 6) is 1.31. The van der Waals surface area contributed by atoms with Crippen molar-refractivity contribution < 1.29 is 9.15 Å². The highest BCUT2D eigenvalue weighted by molar-refractivity contribution is 5.98. The van der Waals surface area contributed by atoms with Gasteiger partial charge in [0.25, 0.3) is 0 Å². The summed E-state index contributed by atoms with van der Waals surface area (Å²) in [5, 5.41) is 0.555. The van der Waals surface area contributed by atoms with Crippen LogP contribution in [0.3, 0.4) is 0 Å². The molecule has 3 heteroatoms. The van der Waals surface area contributed by atoms with E-state index in [1.165, 1.54) is 0 Å². The number of rotatable bonds is 5. The smallest absolute Gasteiger partial charge is 0.201 e. The molecule has 33 heavy (non-hydrogen) atoms. The third kappa shape index (κ3) is 4.09. The van der Waals surface area contributed by atoms with Gasteiger partial charge in [-0.3, -0.25) is 4.79 Å². The van der Waals surface area contributed by atoms with Crippen LogP contribution in [0.15, 0.2) is 118 Å². The molecule has 0 fully saturated rings. The molecule has 0 saturated heterocycles. The van der Waals surface area contributed by atoms with E-state index in [0.29, 0.717) is 22.3 Å². The van der Waals surface area contributed by atoms with Crippen molar-refractivity contribution in [2.24, 2.45) is 0 Å². The van der Waals surface area contributed by atoms with Gasteiger partial charge in [0.05, 0.1) is 18.1 Å². The van der Waals surface area contributed by atoms with Gasteiger partial charge < -0.3 is 9.15 Å². The number of para-hydroxylation sites is 1. The maximum atomic E-state index is 13.9. The van der Waals surface area contributed by atoms with Crippen LogP contribution in [0.4, 0.5) is 0 Å². The Morgan fingerprint density at radius 3 is 2.09 bits per heavy atom. The van der Waals surface area contributed by atoms with Crippen molar-refractivity contribution in [1.82, 2.24) is 0 Å². The second-order valence-electron chi connectivity index (χ2n) is 7.69. The SMILES string of the molecule is COc1ccc(/C(=C\c2ccccc2)c2c(-c3ccccc3)oc3ccccc3c2=O)cc1. The summed E-state index contributed by atoms with van der Waals surface area (Å²) in [6.45, 7) is 0. The second-order valence-corrected chi connectivity index (χ2v) is 7.69. The lowest BCUT2D eigenvalue weighted by atomic mass is 9.91. The van der Waals surface area contributed by atoms with Crippen LogP contribution in [0.1, 0.15) is 16.7 Å². The molecule has 0 bridgehead atoms. The molecule has 0 atom stereocenters. The van der Waals surface area contributed by atoms with E-state index in [4.69, 9.17) is 9.15 Å². The van der Waals surface area contributed by atoms with E-state index < -0.39 is 0 Å². The number of hydrogen-bond donors (Lipinski definition) is 0. The Balaban J connectivity index is 1.86. The normalized spacial score (nSPS) is 11.5. The fourth-order valence-corrected chi connectivity index (χ4v) is 3.97. The van der Waals surface area contributed by atoms with Crippen LogP contribution in [0.5, 0.6) is 5.75 Å². The largest absolute Gasteiger partial charge is 0.497 e. The first-order valence-electron chi connectivity index (χ1n) is 10.8. The van der Waals surface area contributed by atoms with E-state index in [2.05, 4.69) is 0 Å². The Labute approximate surface area is 192 Å². The van der Waals surface area contributed by atoms with Gasteiger partial charge in [0.2, 0.25) is 5.43 Å². The van der Waals surface area contributed by atoms with Crippen molar-refractivity contribution >= 4 is 22.6 Å². The summed E-state index contributed by atoms with van der Waals surface area (Å²) < 4.78 is 11.7. The molecule has 5 rings (SSSR count). The van der Waals surface area contributed by atoms with Crippen molar-refractivity contribution in [2.75, 3.05) is 7.11 Å². The second kappa shape index (κ2) is 9.01. The fraction of sp³-hybridized carbons (Fsp3) is 0.0333. The lowest BCUT2D eigenvalue weighted by Crippen LogP contribution is -2.11. The molecule has 0 spiro atoms. The summed E-state index contributed by atoms with van der Waals surface area (Å²) in [5.41, 5.74) is 4.58. The molecule has 1 aromatic heterocycles. The summed E-state index contributed by atoms with van der Waals surface area (Å²) in [4.78, 5) is 13.9. The Bertz CT molecular complexity index is 1480. The van der Waals surface area contributed by atoms with Gasteiger partial charge in [-0.2, -0.15) is 0 Å². The molecule has 0 radical (unpaired) electrons. The topological polar surface area (TPSA) is 39.4 Å². The number of fused-ring (bicyclic) bond motifs is 1. The highest BCUT2D eigenvalue weighted by Gasteiger charge is 2.21. The predicted molar refractivity (Wildman–Crippen MR) is 134 cm³/mol. The number of hydrogen-bond acceptors (Lipinski definition) is 3. The van der Waals surface area contributed by atoms with E-state index in [1.807, 2.05) is 115 Å². The lowest BCUT2D eigenvalue weighted by molar-refractivity contribution is 0.415. The van der Waals surface area contributed by atoms with Gasteiger partial charge in [0.15, 0.2) is 0 Å². The van der Waals surface area contributed by atoms with E-state index in [9.17, 15) is 4.79 Å². The van der Waals surface area contributed by atoms with Crippen LogP contribution in [0, 0.1) is 0 Å². The van der Waals surface area contributed by atoms with Crippen molar-refractivity contribution in [3.63, 3.8) is 0 Å². The van der Waals surface area contributed by atoms with Crippen LogP contribution in [-0.4, -0.2) is 7.11 Å².